The van der Waals surface area contributed by atoms with Crippen LogP contribution in [0.3, 0.4) is 0 Å². The summed E-state index contributed by atoms with van der Waals surface area (Å²) in [6, 6.07) is 10.4. The van der Waals surface area contributed by atoms with Crippen molar-refractivity contribution in [2.45, 2.75) is 42.6 Å². The fraction of sp³-hybridized carbons (Fsp3) is 0.316. The van der Waals surface area contributed by atoms with Gasteiger partial charge in [-0.3, -0.25) is 4.79 Å². The number of hydrogen-bond acceptors (Lipinski definition) is 4. The number of H-pyrrole nitrogens is 1. The molecule has 0 saturated carbocycles. The van der Waals surface area contributed by atoms with Gasteiger partial charge in [-0.15, -0.1) is 0 Å². The number of hydrogen-bond donors (Lipinski definition) is 2. The molecule has 4 rings (SSSR count). The molecule has 5 nitrogen and oxygen atoms in total. The van der Waals surface area contributed by atoms with Gasteiger partial charge in [0.15, 0.2) is 10.8 Å². The largest absolute Gasteiger partial charge is 0.348 e. The molecule has 7 heteroatoms. The van der Waals surface area contributed by atoms with Crippen molar-refractivity contribution < 1.29 is 4.79 Å². The minimum atomic E-state index is -0.243. The number of thioether (sulfide) groups is 1. The number of halogens is 1. The van der Waals surface area contributed by atoms with Crippen LogP contribution in [-0.4, -0.2) is 26.1 Å². The number of fused-ring (bicyclic) bond motifs is 2. The predicted molar refractivity (Wildman–Crippen MR) is 107 cm³/mol. The lowest BCUT2D eigenvalue weighted by Gasteiger charge is -2.27. The molecule has 1 amide bonds. The van der Waals surface area contributed by atoms with E-state index in [9.17, 15) is 4.79 Å². The molecule has 0 aliphatic heterocycles. The van der Waals surface area contributed by atoms with E-state index in [1.54, 1.807) is 6.20 Å². The van der Waals surface area contributed by atoms with Crippen LogP contribution in [0.5, 0.6) is 0 Å². The number of carbonyl (C=O) groups is 1. The summed E-state index contributed by atoms with van der Waals surface area (Å²) < 4.78 is 0.895. The summed E-state index contributed by atoms with van der Waals surface area (Å²) >= 11 is 4.82. The molecule has 2 aromatic heterocycles. The van der Waals surface area contributed by atoms with Crippen LogP contribution in [0.1, 0.15) is 36.9 Å². The van der Waals surface area contributed by atoms with Crippen molar-refractivity contribution in [3.05, 3.63) is 52.1 Å². The van der Waals surface area contributed by atoms with E-state index >= 15 is 0 Å². The second-order valence-electron chi connectivity index (χ2n) is 6.48. The van der Waals surface area contributed by atoms with Gasteiger partial charge in [0, 0.05) is 10.7 Å². The minimum absolute atomic E-state index is 0.0336. The third-order valence-corrected chi connectivity index (χ3v) is 6.04. The number of imidazole rings is 1. The first-order chi connectivity index (χ1) is 12.6. The Bertz CT molecular complexity index is 958. The Hall–Kier alpha value is -1.86. The van der Waals surface area contributed by atoms with E-state index in [0.29, 0.717) is 10.8 Å². The van der Waals surface area contributed by atoms with Crippen molar-refractivity contribution in [3.8, 4) is 0 Å². The van der Waals surface area contributed by atoms with E-state index < -0.39 is 0 Å². The van der Waals surface area contributed by atoms with Crippen LogP contribution < -0.4 is 5.32 Å². The molecule has 1 aromatic carbocycles. The van der Waals surface area contributed by atoms with Crippen LogP contribution in [0.25, 0.3) is 11.2 Å². The third-order valence-electron chi connectivity index (χ3n) is 4.63. The van der Waals surface area contributed by atoms with Crippen LogP contribution in [0.2, 0.25) is 0 Å². The zero-order valence-electron chi connectivity index (χ0n) is 14.3. The van der Waals surface area contributed by atoms with Gasteiger partial charge in [0.1, 0.15) is 0 Å². The lowest BCUT2D eigenvalue weighted by molar-refractivity contribution is -0.121. The first-order valence-electron chi connectivity index (χ1n) is 8.66. The molecule has 26 heavy (non-hydrogen) atoms. The van der Waals surface area contributed by atoms with E-state index in [0.717, 1.165) is 29.3 Å². The van der Waals surface area contributed by atoms with Crippen LogP contribution in [0.4, 0.5) is 0 Å². The number of benzene rings is 1. The summed E-state index contributed by atoms with van der Waals surface area (Å²) in [5.41, 5.74) is 4.11. The average Bonchev–Trinajstić information content (AvgIpc) is 3.03. The summed E-state index contributed by atoms with van der Waals surface area (Å²) in [4.78, 5) is 24.6. The van der Waals surface area contributed by atoms with E-state index in [1.165, 1.54) is 22.9 Å². The molecule has 0 radical (unpaired) electrons. The Balaban J connectivity index is 1.45. The number of nitrogens with zero attached hydrogens (tertiary/aromatic N) is 2. The Kier molecular flexibility index (Phi) is 5.00. The van der Waals surface area contributed by atoms with Gasteiger partial charge >= 0.3 is 0 Å². The molecule has 0 fully saturated rings. The number of nitrogens with one attached hydrogen (secondary N) is 2. The van der Waals surface area contributed by atoms with E-state index in [-0.39, 0.29) is 17.2 Å². The Morgan fingerprint density at radius 1 is 1.42 bits per heavy atom. The van der Waals surface area contributed by atoms with E-state index in [4.69, 9.17) is 0 Å². The van der Waals surface area contributed by atoms with Crippen molar-refractivity contribution in [1.82, 2.24) is 20.3 Å². The molecule has 1 aliphatic rings. The summed E-state index contributed by atoms with van der Waals surface area (Å²) in [7, 11) is 0. The van der Waals surface area contributed by atoms with Gasteiger partial charge in [-0.05, 0) is 59.3 Å². The fourth-order valence-corrected chi connectivity index (χ4v) is 4.47. The lowest BCUT2D eigenvalue weighted by Crippen LogP contribution is -2.35. The number of carbonyl (C=O) groups excluding carboxylic acids is 1. The predicted octanol–water partition coefficient (Wildman–Crippen LogP) is 4.39. The number of aromatic nitrogens is 3. The second kappa shape index (κ2) is 7.40. The van der Waals surface area contributed by atoms with Crippen molar-refractivity contribution in [3.63, 3.8) is 0 Å². The smallest absolute Gasteiger partial charge is 0.233 e. The quantitative estimate of drug-likeness (QED) is 0.601. The van der Waals surface area contributed by atoms with E-state index in [1.807, 2.05) is 19.1 Å². The van der Waals surface area contributed by atoms with Gasteiger partial charge in [0.25, 0.3) is 0 Å². The topological polar surface area (TPSA) is 70.7 Å². The van der Waals surface area contributed by atoms with Crippen molar-refractivity contribution in [2.24, 2.45) is 0 Å². The highest BCUT2D eigenvalue weighted by Gasteiger charge is 2.24. The van der Waals surface area contributed by atoms with Gasteiger partial charge < -0.3 is 10.3 Å². The van der Waals surface area contributed by atoms with Gasteiger partial charge in [-0.2, -0.15) is 0 Å². The third kappa shape index (κ3) is 3.64. The maximum atomic E-state index is 12.7. The highest BCUT2D eigenvalue weighted by atomic mass is 79.9. The molecular weight excluding hydrogens is 412 g/mol. The highest BCUT2D eigenvalue weighted by Crippen LogP contribution is 2.30. The summed E-state index contributed by atoms with van der Waals surface area (Å²) in [5, 5.41) is 3.68. The molecular formula is C19H19BrN4OS. The molecule has 134 valence electrons. The maximum absolute atomic E-state index is 12.7. The van der Waals surface area contributed by atoms with Crippen molar-refractivity contribution in [2.75, 3.05) is 0 Å². The molecule has 2 atom stereocenters. The number of amides is 1. The molecule has 3 aromatic rings. The normalized spacial score (nSPS) is 17.7. The number of rotatable bonds is 4. The van der Waals surface area contributed by atoms with Crippen molar-refractivity contribution >= 4 is 44.8 Å². The number of pyridine rings is 1. The SMILES string of the molecule is C[C@@H](Sc1nc2ncc(Br)cc2[nH]1)C(=O)N[C@H]1CCCc2ccccc21. The average molecular weight is 431 g/mol. The Morgan fingerprint density at radius 3 is 3.15 bits per heavy atom. The number of aromatic amines is 1. The lowest BCUT2D eigenvalue weighted by atomic mass is 9.88. The maximum Gasteiger partial charge on any atom is 0.233 e. The van der Waals surface area contributed by atoms with Crippen molar-refractivity contribution in [1.29, 1.82) is 0 Å². The van der Waals surface area contributed by atoms with Gasteiger partial charge in [0.05, 0.1) is 16.8 Å². The zero-order valence-corrected chi connectivity index (χ0v) is 16.7. The second-order valence-corrected chi connectivity index (χ2v) is 8.72. The summed E-state index contributed by atoms with van der Waals surface area (Å²) in [5.74, 6) is 0.0336. The standard InChI is InChI=1S/C19H19BrN4OS/c1-11(26-19-23-16-9-13(20)10-21-17(16)24-19)18(25)22-15-8-4-6-12-5-2-3-7-14(12)15/h2-3,5,7,9-11,15H,4,6,8H2,1H3,(H,22,25)(H,21,23,24)/t11-,15+/m1/s1. The van der Waals surface area contributed by atoms with Crippen LogP contribution >= 0.6 is 27.7 Å². The summed E-state index contributed by atoms with van der Waals surface area (Å²) in [6.07, 6.45) is 4.90. The molecule has 0 spiro atoms. The van der Waals surface area contributed by atoms with Gasteiger partial charge in [0.2, 0.25) is 5.91 Å². The molecule has 1 aliphatic carbocycles. The molecule has 2 N–H and O–H groups in total. The molecule has 0 unspecified atom stereocenters. The van der Waals surface area contributed by atoms with E-state index in [2.05, 4.69) is 54.4 Å². The van der Waals surface area contributed by atoms with Crippen LogP contribution in [0, 0.1) is 0 Å². The first kappa shape index (κ1) is 17.5. The van der Waals surface area contributed by atoms with Gasteiger partial charge in [-0.1, -0.05) is 36.0 Å². The first-order valence-corrected chi connectivity index (χ1v) is 10.3. The van der Waals surface area contributed by atoms with Gasteiger partial charge in [-0.25, -0.2) is 9.97 Å². The fourth-order valence-electron chi connectivity index (χ4n) is 3.32. The molecule has 0 bridgehead atoms. The monoisotopic (exact) mass is 430 g/mol. The molecule has 0 saturated heterocycles. The number of aryl methyl sites for hydroxylation is 1. The Morgan fingerprint density at radius 2 is 2.27 bits per heavy atom. The minimum Gasteiger partial charge on any atom is -0.348 e. The van der Waals surface area contributed by atoms with Crippen LogP contribution in [-0.2, 0) is 11.2 Å². The summed E-state index contributed by atoms with van der Waals surface area (Å²) in [6.45, 7) is 1.91. The highest BCUT2D eigenvalue weighted by molar-refractivity contribution is 9.10. The zero-order chi connectivity index (χ0) is 18.1. The molecule has 2 heterocycles. The van der Waals surface area contributed by atoms with Crippen LogP contribution in [0.15, 0.2) is 46.2 Å². The Labute approximate surface area is 164 Å².